The lowest BCUT2D eigenvalue weighted by Gasteiger charge is -2.10. The highest BCUT2D eigenvalue weighted by Gasteiger charge is 2.16. The lowest BCUT2D eigenvalue weighted by atomic mass is 10.0. The van der Waals surface area contributed by atoms with Gasteiger partial charge in [0.1, 0.15) is 6.17 Å². The number of allylic oxidation sites excluding steroid dienone is 2. The zero-order chi connectivity index (χ0) is 10.7. The number of nitrogens with one attached hydrogen (secondary N) is 2. The van der Waals surface area contributed by atoms with Gasteiger partial charge < -0.3 is 0 Å². The highest BCUT2D eigenvalue weighted by molar-refractivity contribution is 8.75. The molecule has 1 aliphatic heterocycles. The summed E-state index contributed by atoms with van der Waals surface area (Å²) in [5, 5.41) is 0. The van der Waals surface area contributed by atoms with Crippen molar-refractivity contribution in [2.45, 2.75) is 20.0 Å². The molecular formula is C11H14N2S2. The number of rotatable bonds is 2. The van der Waals surface area contributed by atoms with Crippen molar-refractivity contribution in [1.29, 1.82) is 0 Å². The van der Waals surface area contributed by atoms with Crippen molar-refractivity contribution in [3.05, 3.63) is 41.5 Å². The van der Waals surface area contributed by atoms with Crippen LogP contribution in [0.2, 0.25) is 0 Å². The van der Waals surface area contributed by atoms with Crippen LogP contribution in [0.3, 0.4) is 0 Å². The van der Waals surface area contributed by atoms with E-state index in [0.717, 1.165) is 0 Å². The predicted molar refractivity (Wildman–Crippen MR) is 70.0 cm³/mol. The van der Waals surface area contributed by atoms with Gasteiger partial charge in [-0.2, -0.15) is 0 Å². The molecule has 0 aliphatic carbocycles. The van der Waals surface area contributed by atoms with Crippen LogP contribution in [0.15, 0.2) is 30.3 Å². The second-order valence-corrected chi connectivity index (χ2v) is 5.23. The van der Waals surface area contributed by atoms with E-state index >= 15 is 0 Å². The molecule has 0 spiro atoms. The monoisotopic (exact) mass is 238 g/mol. The van der Waals surface area contributed by atoms with Gasteiger partial charge in [-0.15, -0.1) is 0 Å². The van der Waals surface area contributed by atoms with E-state index in [1.165, 1.54) is 16.7 Å². The molecule has 15 heavy (non-hydrogen) atoms. The highest BCUT2D eigenvalue weighted by Crippen LogP contribution is 2.30. The molecule has 2 nitrogen and oxygen atoms in total. The fraction of sp³-hybridized carbons (Fsp3) is 0.273. The number of benzene rings is 1. The van der Waals surface area contributed by atoms with Gasteiger partial charge in [-0.1, -0.05) is 30.3 Å². The van der Waals surface area contributed by atoms with E-state index in [1.807, 2.05) is 0 Å². The van der Waals surface area contributed by atoms with Crippen molar-refractivity contribution in [2.75, 3.05) is 0 Å². The Hall–Kier alpha value is -0.420. The summed E-state index contributed by atoms with van der Waals surface area (Å²) in [4.78, 5) is 0. The lowest BCUT2D eigenvalue weighted by molar-refractivity contribution is 0.680. The maximum atomic E-state index is 3.29. The molecule has 0 atom stereocenters. The first-order valence-electron chi connectivity index (χ1n) is 4.88. The Morgan fingerprint density at radius 2 is 1.80 bits per heavy atom. The molecular weight excluding hydrogens is 224 g/mol. The summed E-state index contributed by atoms with van der Waals surface area (Å²) < 4.78 is 6.58. The molecule has 0 radical (unpaired) electrons. The zero-order valence-corrected chi connectivity index (χ0v) is 10.4. The predicted octanol–water partition coefficient (Wildman–Crippen LogP) is 3.51. The van der Waals surface area contributed by atoms with Crippen LogP contribution in [0.5, 0.6) is 0 Å². The second-order valence-electron chi connectivity index (χ2n) is 3.43. The van der Waals surface area contributed by atoms with Gasteiger partial charge in [-0.05, 0) is 30.5 Å². The molecule has 0 saturated carbocycles. The summed E-state index contributed by atoms with van der Waals surface area (Å²) in [5.74, 6) is 0. The molecule has 1 aromatic rings. The van der Waals surface area contributed by atoms with Crippen molar-refractivity contribution in [1.82, 2.24) is 9.44 Å². The molecule has 2 N–H and O–H groups in total. The fourth-order valence-corrected chi connectivity index (χ4v) is 3.03. The van der Waals surface area contributed by atoms with Crippen molar-refractivity contribution >= 4 is 27.5 Å². The first kappa shape index (κ1) is 11.1. The van der Waals surface area contributed by atoms with Gasteiger partial charge in [-0.25, -0.2) is 9.44 Å². The number of hydrogen-bond donors (Lipinski definition) is 2. The van der Waals surface area contributed by atoms with Crippen LogP contribution in [0.25, 0.3) is 5.57 Å². The Labute approximate surface area is 98.6 Å². The lowest BCUT2D eigenvalue weighted by Crippen LogP contribution is -2.17. The molecule has 1 saturated heterocycles. The standard InChI is InChI=1S/C11H14N2S2/c1-3-8(2)9-4-6-10(7-5-9)11-12-14-15-13-11/h3-7,11-13H,1-2H3/b8-3-. The third kappa shape index (κ3) is 2.58. The van der Waals surface area contributed by atoms with E-state index in [4.69, 9.17) is 0 Å². The van der Waals surface area contributed by atoms with Crippen LogP contribution in [-0.2, 0) is 0 Å². The van der Waals surface area contributed by atoms with Crippen molar-refractivity contribution in [2.24, 2.45) is 0 Å². The second kappa shape index (κ2) is 5.07. The Bertz CT molecular complexity index is 353. The first-order chi connectivity index (χ1) is 7.31. The minimum atomic E-state index is 0.264. The van der Waals surface area contributed by atoms with Crippen molar-refractivity contribution < 1.29 is 0 Å². The highest BCUT2D eigenvalue weighted by atomic mass is 33.1. The third-order valence-corrected chi connectivity index (χ3v) is 4.08. The zero-order valence-electron chi connectivity index (χ0n) is 8.78. The smallest absolute Gasteiger partial charge is 0.103 e. The minimum Gasteiger partial charge on any atom is -0.232 e. The van der Waals surface area contributed by atoms with Crippen LogP contribution in [0, 0.1) is 0 Å². The SMILES string of the molecule is C/C=C(/C)c1ccc(C2NSSN2)cc1. The van der Waals surface area contributed by atoms with Gasteiger partial charge in [0.05, 0.1) is 0 Å². The maximum absolute atomic E-state index is 3.29. The van der Waals surface area contributed by atoms with E-state index in [2.05, 4.69) is 53.6 Å². The topological polar surface area (TPSA) is 24.1 Å². The van der Waals surface area contributed by atoms with Gasteiger partial charge in [0.25, 0.3) is 0 Å². The van der Waals surface area contributed by atoms with Gasteiger partial charge in [0.15, 0.2) is 0 Å². The van der Waals surface area contributed by atoms with Gasteiger partial charge >= 0.3 is 0 Å². The van der Waals surface area contributed by atoms with E-state index in [-0.39, 0.29) is 6.17 Å². The normalized spacial score (nSPS) is 18.4. The van der Waals surface area contributed by atoms with Crippen LogP contribution in [0.4, 0.5) is 0 Å². The molecule has 0 bridgehead atoms. The quantitative estimate of drug-likeness (QED) is 0.608. The molecule has 0 amide bonds. The Balaban J connectivity index is 2.16. The van der Waals surface area contributed by atoms with Gasteiger partial charge in [0, 0.05) is 22.0 Å². The summed E-state index contributed by atoms with van der Waals surface area (Å²) >= 11 is 0. The summed E-state index contributed by atoms with van der Waals surface area (Å²) in [7, 11) is 3.27. The summed E-state index contributed by atoms with van der Waals surface area (Å²) in [6.45, 7) is 4.20. The molecule has 0 unspecified atom stereocenters. The van der Waals surface area contributed by atoms with E-state index in [9.17, 15) is 0 Å². The largest absolute Gasteiger partial charge is 0.232 e. The molecule has 1 fully saturated rings. The van der Waals surface area contributed by atoms with Crippen molar-refractivity contribution in [3.8, 4) is 0 Å². The van der Waals surface area contributed by atoms with Crippen LogP contribution >= 0.6 is 22.0 Å². The molecule has 1 aliphatic rings. The maximum Gasteiger partial charge on any atom is 0.103 e. The van der Waals surface area contributed by atoms with Crippen LogP contribution < -0.4 is 9.44 Å². The first-order valence-corrected chi connectivity index (χ1v) is 7.03. The number of hydrogen-bond acceptors (Lipinski definition) is 4. The van der Waals surface area contributed by atoms with E-state index < -0.39 is 0 Å². The fourth-order valence-electron chi connectivity index (χ4n) is 1.41. The summed E-state index contributed by atoms with van der Waals surface area (Å²) in [6.07, 6.45) is 2.40. The van der Waals surface area contributed by atoms with E-state index in [0.29, 0.717) is 0 Å². The average Bonchev–Trinajstić information content (AvgIpc) is 2.82. The summed E-state index contributed by atoms with van der Waals surface area (Å²) in [5.41, 5.74) is 3.89. The molecule has 0 aromatic heterocycles. The van der Waals surface area contributed by atoms with Crippen LogP contribution in [-0.4, -0.2) is 0 Å². The summed E-state index contributed by atoms with van der Waals surface area (Å²) in [6, 6.07) is 8.67. The minimum absolute atomic E-state index is 0.264. The molecule has 1 aromatic carbocycles. The Morgan fingerprint density at radius 1 is 1.20 bits per heavy atom. The van der Waals surface area contributed by atoms with Crippen LogP contribution in [0.1, 0.15) is 31.1 Å². The molecule has 1 heterocycles. The molecule has 4 heteroatoms. The molecule has 80 valence electrons. The van der Waals surface area contributed by atoms with Gasteiger partial charge in [-0.3, -0.25) is 0 Å². The Morgan fingerprint density at radius 3 is 2.33 bits per heavy atom. The van der Waals surface area contributed by atoms with Crippen molar-refractivity contribution in [3.63, 3.8) is 0 Å². The third-order valence-electron chi connectivity index (χ3n) is 2.51. The van der Waals surface area contributed by atoms with Gasteiger partial charge in [0.2, 0.25) is 0 Å². The Kier molecular flexibility index (Phi) is 3.75. The molecule has 2 rings (SSSR count). The average molecular weight is 238 g/mol. The van der Waals surface area contributed by atoms with E-state index in [1.54, 1.807) is 22.0 Å².